The number of hydrazine groups is 1. The second-order valence-electron chi connectivity index (χ2n) is 5.58. The molecule has 0 saturated heterocycles. The number of benzene rings is 3. The molecular weight excluding hydrogens is 316 g/mol. The Labute approximate surface area is 143 Å². The Hall–Kier alpha value is -3.67. The van der Waals surface area contributed by atoms with Crippen molar-refractivity contribution in [2.75, 3.05) is 10.9 Å². The molecule has 0 atom stereocenters. The smallest absolute Gasteiger partial charge is 0.269 e. The Morgan fingerprint density at radius 1 is 0.760 bits per heavy atom. The van der Waals surface area contributed by atoms with Gasteiger partial charge in [-0.05, 0) is 24.3 Å². The summed E-state index contributed by atoms with van der Waals surface area (Å²) >= 11 is 0. The van der Waals surface area contributed by atoms with Gasteiger partial charge in [-0.15, -0.1) is 0 Å². The van der Waals surface area contributed by atoms with Gasteiger partial charge in [0.15, 0.2) is 0 Å². The van der Waals surface area contributed by atoms with Crippen molar-refractivity contribution in [1.29, 1.82) is 0 Å². The fourth-order valence-electron chi connectivity index (χ4n) is 2.78. The van der Waals surface area contributed by atoms with Crippen LogP contribution < -0.4 is 10.9 Å². The molecule has 0 radical (unpaired) electrons. The molecule has 6 heteroatoms. The number of rotatable bonds is 4. The van der Waals surface area contributed by atoms with Crippen LogP contribution in [0.4, 0.5) is 17.1 Å². The molecule has 4 aromatic rings. The molecule has 1 heterocycles. The third-order valence-corrected chi connectivity index (χ3v) is 4.00. The van der Waals surface area contributed by atoms with E-state index in [9.17, 15) is 10.1 Å². The predicted molar refractivity (Wildman–Crippen MR) is 99.6 cm³/mol. The highest BCUT2D eigenvalue weighted by Crippen LogP contribution is 2.30. The van der Waals surface area contributed by atoms with E-state index in [1.807, 2.05) is 48.5 Å². The minimum atomic E-state index is -0.416. The molecule has 0 aliphatic heterocycles. The van der Waals surface area contributed by atoms with Crippen molar-refractivity contribution in [1.82, 2.24) is 4.98 Å². The molecule has 25 heavy (non-hydrogen) atoms. The van der Waals surface area contributed by atoms with Crippen LogP contribution in [0.2, 0.25) is 0 Å². The number of pyridine rings is 1. The average Bonchev–Trinajstić information content (AvgIpc) is 2.65. The maximum Gasteiger partial charge on any atom is 0.269 e. The number of fused-ring (bicyclic) bond motifs is 2. The Morgan fingerprint density at radius 3 is 1.88 bits per heavy atom. The molecule has 0 spiro atoms. The number of hydrogen-bond donors (Lipinski definition) is 2. The van der Waals surface area contributed by atoms with Crippen LogP contribution >= 0.6 is 0 Å². The first-order valence-corrected chi connectivity index (χ1v) is 7.76. The van der Waals surface area contributed by atoms with E-state index < -0.39 is 4.92 Å². The van der Waals surface area contributed by atoms with Crippen LogP contribution in [-0.4, -0.2) is 9.91 Å². The highest BCUT2D eigenvalue weighted by Gasteiger charge is 2.09. The Kier molecular flexibility index (Phi) is 3.63. The average molecular weight is 330 g/mol. The number of non-ortho nitro benzene ring substituents is 1. The zero-order valence-electron chi connectivity index (χ0n) is 13.1. The van der Waals surface area contributed by atoms with E-state index in [0.29, 0.717) is 0 Å². The Balaban J connectivity index is 1.73. The number of anilines is 2. The summed E-state index contributed by atoms with van der Waals surface area (Å²) in [5.41, 5.74) is 9.85. The third-order valence-electron chi connectivity index (χ3n) is 4.00. The summed E-state index contributed by atoms with van der Waals surface area (Å²) in [7, 11) is 0. The first-order valence-electron chi connectivity index (χ1n) is 7.76. The van der Waals surface area contributed by atoms with Gasteiger partial charge in [0.1, 0.15) is 0 Å². The predicted octanol–water partition coefficient (Wildman–Crippen LogP) is 4.74. The first-order chi connectivity index (χ1) is 12.2. The highest BCUT2D eigenvalue weighted by molar-refractivity contribution is 6.07. The van der Waals surface area contributed by atoms with Crippen LogP contribution in [-0.2, 0) is 0 Å². The van der Waals surface area contributed by atoms with Crippen molar-refractivity contribution in [3.63, 3.8) is 0 Å². The highest BCUT2D eigenvalue weighted by atomic mass is 16.6. The van der Waals surface area contributed by atoms with E-state index in [1.54, 1.807) is 12.1 Å². The number of nitrogens with zero attached hydrogens (tertiary/aromatic N) is 2. The lowest BCUT2D eigenvalue weighted by molar-refractivity contribution is -0.384. The molecule has 0 fully saturated rings. The van der Waals surface area contributed by atoms with Crippen LogP contribution in [0.3, 0.4) is 0 Å². The number of nitro benzene ring substituents is 1. The minimum absolute atomic E-state index is 0.0605. The van der Waals surface area contributed by atoms with Crippen molar-refractivity contribution in [3.8, 4) is 0 Å². The lowest BCUT2D eigenvalue weighted by Crippen LogP contribution is -2.09. The van der Waals surface area contributed by atoms with Gasteiger partial charge in [0, 0.05) is 22.9 Å². The Morgan fingerprint density at radius 2 is 1.32 bits per heavy atom. The summed E-state index contributed by atoms with van der Waals surface area (Å²) in [5.74, 6) is 0. The molecule has 3 aromatic carbocycles. The third kappa shape index (κ3) is 2.81. The van der Waals surface area contributed by atoms with E-state index in [0.717, 1.165) is 33.2 Å². The molecule has 0 unspecified atom stereocenters. The van der Waals surface area contributed by atoms with E-state index in [-0.39, 0.29) is 5.69 Å². The van der Waals surface area contributed by atoms with Gasteiger partial charge in [0.2, 0.25) is 0 Å². The molecule has 0 bridgehead atoms. The van der Waals surface area contributed by atoms with Crippen molar-refractivity contribution >= 4 is 38.9 Å². The fraction of sp³-hybridized carbons (Fsp3) is 0. The molecule has 0 saturated carbocycles. The summed E-state index contributed by atoms with van der Waals surface area (Å²) in [4.78, 5) is 15.0. The molecule has 0 amide bonds. The number of hydrogen-bond acceptors (Lipinski definition) is 5. The second kappa shape index (κ2) is 6.09. The second-order valence-corrected chi connectivity index (χ2v) is 5.58. The molecule has 0 aliphatic carbocycles. The molecule has 1 aromatic heterocycles. The fourth-order valence-corrected chi connectivity index (χ4v) is 2.78. The van der Waals surface area contributed by atoms with Crippen LogP contribution in [0.1, 0.15) is 0 Å². The van der Waals surface area contributed by atoms with Crippen LogP contribution in [0.5, 0.6) is 0 Å². The van der Waals surface area contributed by atoms with Crippen molar-refractivity contribution in [2.24, 2.45) is 0 Å². The largest absolute Gasteiger partial charge is 0.301 e. The molecule has 4 rings (SSSR count). The van der Waals surface area contributed by atoms with Crippen LogP contribution in [0.25, 0.3) is 21.8 Å². The number of aromatic nitrogens is 1. The maximum atomic E-state index is 10.7. The molecular formula is C19H14N4O2. The topological polar surface area (TPSA) is 80.1 Å². The van der Waals surface area contributed by atoms with Gasteiger partial charge in [-0.2, -0.15) is 0 Å². The number of nitrogens with one attached hydrogen (secondary N) is 2. The van der Waals surface area contributed by atoms with E-state index in [4.69, 9.17) is 0 Å². The SMILES string of the molecule is O=[N+]([O-])c1ccc(NNc2c3ccccc3nc3ccccc23)cc1. The summed E-state index contributed by atoms with van der Waals surface area (Å²) in [6.07, 6.45) is 0. The molecule has 6 nitrogen and oxygen atoms in total. The zero-order valence-corrected chi connectivity index (χ0v) is 13.1. The molecule has 122 valence electrons. The number of nitro groups is 1. The monoisotopic (exact) mass is 330 g/mol. The van der Waals surface area contributed by atoms with Gasteiger partial charge in [-0.25, -0.2) is 4.98 Å². The van der Waals surface area contributed by atoms with Gasteiger partial charge in [-0.3, -0.25) is 15.5 Å². The van der Waals surface area contributed by atoms with Gasteiger partial charge >= 0.3 is 0 Å². The minimum Gasteiger partial charge on any atom is -0.301 e. The van der Waals surface area contributed by atoms with Gasteiger partial charge in [0.05, 0.1) is 27.3 Å². The van der Waals surface area contributed by atoms with E-state index in [1.165, 1.54) is 12.1 Å². The summed E-state index contributed by atoms with van der Waals surface area (Å²) < 4.78 is 0. The summed E-state index contributed by atoms with van der Waals surface area (Å²) in [5, 5.41) is 12.7. The standard InChI is InChI=1S/C19H14N4O2/c24-23(25)14-11-9-13(10-12-14)21-22-19-15-5-1-3-7-17(15)20-18-8-4-2-6-16(18)19/h1-12,21H,(H,20,22). The zero-order chi connectivity index (χ0) is 17.2. The van der Waals surface area contributed by atoms with E-state index in [2.05, 4.69) is 15.8 Å². The number of para-hydroxylation sites is 2. The quantitative estimate of drug-likeness (QED) is 0.321. The van der Waals surface area contributed by atoms with Gasteiger partial charge in [-0.1, -0.05) is 36.4 Å². The van der Waals surface area contributed by atoms with Crippen LogP contribution in [0, 0.1) is 10.1 Å². The molecule has 0 aliphatic rings. The van der Waals surface area contributed by atoms with Crippen LogP contribution in [0.15, 0.2) is 72.8 Å². The molecule has 2 N–H and O–H groups in total. The maximum absolute atomic E-state index is 10.7. The Bertz CT molecular complexity index is 1020. The van der Waals surface area contributed by atoms with Gasteiger partial charge in [0.25, 0.3) is 5.69 Å². The normalized spacial score (nSPS) is 10.7. The van der Waals surface area contributed by atoms with Crippen molar-refractivity contribution in [2.45, 2.75) is 0 Å². The first kappa shape index (κ1) is 14.9. The van der Waals surface area contributed by atoms with Crippen molar-refractivity contribution in [3.05, 3.63) is 82.9 Å². The lowest BCUT2D eigenvalue weighted by Gasteiger charge is -2.14. The lowest BCUT2D eigenvalue weighted by atomic mass is 10.1. The van der Waals surface area contributed by atoms with Gasteiger partial charge < -0.3 is 5.43 Å². The van der Waals surface area contributed by atoms with Crippen molar-refractivity contribution < 1.29 is 4.92 Å². The summed E-state index contributed by atoms with van der Waals surface area (Å²) in [6, 6.07) is 22.1. The van der Waals surface area contributed by atoms with E-state index >= 15 is 0 Å². The summed E-state index contributed by atoms with van der Waals surface area (Å²) in [6.45, 7) is 0.